The fraction of sp³-hybridized carbons (Fsp3) is 0.556. The molecule has 24 heavy (non-hydrogen) atoms. The van der Waals surface area contributed by atoms with Gasteiger partial charge in [-0.2, -0.15) is 0 Å². The Morgan fingerprint density at radius 3 is 2.46 bits per heavy atom. The smallest absolute Gasteiger partial charge is 0.321 e. The second-order valence-electron chi connectivity index (χ2n) is 6.55. The van der Waals surface area contributed by atoms with E-state index in [9.17, 15) is 9.59 Å². The molecule has 1 aromatic carbocycles. The second-order valence-corrected chi connectivity index (χ2v) is 6.55. The first-order valence-corrected chi connectivity index (χ1v) is 8.40. The monoisotopic (exact) mass is 333 g/mol. The maximum Gasteiger partial charge on any atom is 0.321 e. The van der Waals surface area contributed by atoms with Crippen LogP contribution in [-0.2, 0) is 4.79 Å². The number of hydrogen-bond acceptors (Lipinski definition) is 4. The van der Waals surface area contributed by atoms with Gasteiger partial charge in [-0.15, -0.1) is 0 Å². The van der Waals surface area contributed by atoms with Crippen LogP contribution in [0, 0.1) is 0 Å². The molecular weight excluding hydrogens is 306 g/mol. The maximum atomic E-state index is 12.2. The Kier molecular flexibility index (Phi) is 6.20. The summed E-state index contributed by atoms with van der Waals surface area (Å²) < 4.78 is 5.19. The first kappa shape index (κ1) is 18.3. The van der Waals surface area contributed by atoms with Gasteiger partial charge in [-0.1, -0.05) is 12.1 Å². The molecule has 0 aliphatic carbocycles. The Bertz CT molecular complexity index is 571. The summed E-state index contributed by atoms with van der Waals surface area (Å²) in [4.78, 5) is 26.0. The normalized spacial score (nSPS) is 19.1. The van der Waals surface area contributed by atoms with Gasteiger partial charge in [0, 0.05) is 12.6 Å². The van der Waals surface area contributed by atoms with Crippen molar-refractivity contribution in [3.8, 4) is 5.75 Å². The van der Waals surface area contributed by atoms with Crippen LogP contribution >= 0.6 is 0 Å². The van der Waals surface area contributed by atoms with Crippen LogP contribution in [0.25, 0.3) is 0 Å². The third-order valence-electron chi connectivity index (χ3n) is 4.39. The van der Waals surface area contributed by atoms with Crippen molar-refractivity contribution in [2.24, 2.45) is 0 Å². The van der Waals surface area contributed by atoms with Crippen LogP contribution < -0.4 is 15.4 Å². The minimum atomic E-state index is -0.437. The molecule has 1 aliphatic rings. The molecule has 2 N–H and O–H groups in total. The molecule has 2 atom stereocenters. The van der Waals surface area contributed by atoms with Crippen LogP contribution in [0.3, 0.4) is 0 Å². The molecule has 2 rings (SSSR count). The van der Waals surface area contributed by atoms with Crippen molar-refractivity contribution in [1.82, 2.24) is 15.5 Å². The lowest BCUT2D eigenvalue weighted by Gasteiger charge is -2.23. The largest absolute Gasteiger partial charge is 0.497 e. The molecule has 0 unspecified atom stereocenters. The molecule has 6 heteroatoms. The number of methoxy groups -OCH3 is 1. The number of urea groups is 1. The first-order valence-electron chi connectivity index (χ1n) is 8.40. The molecule has 132 valence electrons. The molecule has 6 nitrogen and oxygen atoms in total. The number of likely N-dealkylation sites (tertiary alicyclic amines) is 1. The molecule has 0 saturated carbocycles. The van der Waals surface area contributed by atoms with E-state index in [0.29, 0.717) is 5.92 Å². The lowest BCUT2D eigenvalue weighted by Crippen LogP contribution is -2.50. The van der Waals surface area contributed by atoms with Crippen LogP contribution in [0.5, 0.6) is 5.75 Å². The zero-order valence-electron chi connectivity index (χ0n) is 14.8. The van der Waals surface area contributed by atoms with Crippen LogP contribution in [-0.4, -0.2) is 49.1 Å². The van der Waals surface area contributed by atoms with E-state index in [1.807, 2.05) is 32.9 Å². The lowest BCUT2D eigenvalue weighted by molar-refractivity contribution is -0.124. The topological polar surface area (TPSA) is 70.7 Å². The molecule has 0 aromatic heterocycles. The SMILES string of the molecule is COc1ccc([C@H]2CCN([C@H](C)C(=O)NC(=O)NC(C)C)C2)cc1. The number of amides is 3. The number of nitrogens with one attached hydrogen (secondary N) is 2. The highest BCUT2D eigenvalue weighted by Gasteiger charge is 2.31. The van der Waals surface area contributed by atoms with E-state index in [1.54, 1.807) is 7.11 Å². The molecule has 1 saturated heterocycles. The summed E-state index contributed by atoms with van der Waals surface area (Å²) in [7, 11) is 1.65. The number of carbonyl (C=O) groups excluding carboxylic acids is 2. The van der Waals surface area contributed by atoms with Crippen LogP contribution in [0.4, 0.5) is 4.79 Å². The van der Waals surface area contributed by atoms with Crippen molar-refractivity contribution < 1.29 is 14.3 Å². The van der Waals surface area contributed by atoms with Gasteiger partial charge >= 0.3 is 6.03 Å². The van der Waals surface area contributed by atoms with E-state index in [1.165, 1.54) is 5.56 Å². The van der Waals surface area contributed by atoms with Gasteiger partial charge in [-0.3, -0.25) is 15.0 Å². The minimum absolute atomic E-state index is 0.000606. The summed E-state index contributed by atoms with van der Waals surface area (Å²) in [5.74, 6) is 0.983. The zero-order chi connectivity index (χ0) is 17.7. The highest BCUT2D eigenvalue weighted by molar-refractivity contribution is 5.96. The highest BCUT2D eigenvalue weighted by atomic mass is 16.5. The average Bonchev–Trinajstić information content (AvgIpc) is 3.03. The summed E-state index contributed by atoms with van der Waals surface area (Å²) in [5.41, 5.74) is 1.25. The third kappa shape index (κ3) is 4.71. The van der Waals surface area contributed by atoms with Crippen molar-refractivity contribution in [3.63, 3.8) is 0 Å². The van der Waals surface area contributed by atoms with Gasteiger partial charge in [0.05, 0.1) is 13.2 Å². The zero-order valence-corrected chi connectivity index (χ0v) is 14.8. The number of ether oxygens (including phenoxy) is 1. The Balaban J connectivity index is 1.89. The molecule has 0 bridgehead atoms. The Morgan fingerprint density at radius 2 is 1.88 bits per heavy atom. The summed E-state index contributed by atoms with van der Waals surface area (Å²) in [5, 5.41) is 5.07. The summed E-state index contributed by atoms with van der Waals surface area (Å²) in [6.07, 6.45) is 1.00. The molecule has 3 amide bonds. The minimum Gasteiger partial charge on any atom is -0.497 e. The van der Waals surface area contributed by atoms with Gasteiger partial charge in [-0.25, -0.2) is 4.79 Å². The fourth-order valence-corrected chi connectivity index (χ4v) is 2.97. The quantitative estimate of drug-likeness (QED) is 0.866. The maximum absolute atomic E-state index is 12.2. The second kappa shape index (κ2) is 8.15. The van der Waals surface area contributed by atoms with E-state index in [2.05, 4.69) is 27.7 Å². The Labute approximate surface area is 143 Å². The molecule has 0 radical (unpaired) electrons. The Morgan fingerprint density at radius 1 is 1.21 bits per heavy atom. The summed E-state index contributed by atoms with van der Waals surface area (Å²) in [6, 6.07) is 7.31. The number of hydrogen-bond donors (Lipinski definition) is 2. The van der Waals surface area contributed by atoms with E-state index in [-0.39, 0.29) is 18.0 Å². The van der Waals surface area contributed by atoms with E-state index >= 15 is 0 Å². The molecular formula is C18H27N3O3. The van der Waals surface area contributed by atoms with Gasteiger partial charge in [0.25, 0.3) is 0 Å². The van der Waals surface area contributed by atoms with Gasteiger partial charge < -0.3 is 10.1 Å². The number of imide groups is 1. The lowest BCUT2D eigenvalue weighted by atomic mass is 9.98. The van der Waals surface area contributed by atoms with Crippen molar-refractivity contribution in [1.29, 1.82) is 0 Å². The third-order valence-corrected chi connectivity index (χ3v) is 4.39. The number of rotatable bonds is 5. The summed E-state index contributed by atoms with van der Waals surface area (Å²) >= 11 is 0. The van der Waals surface area contributed by atoms with Crippen molar-refractivity contribution in [2.45, 2.75) is 45.2 Å². The number of carbonyl (C=O) groups is 2. The first-order chi connectivity index (χ1) is 11.4. The van der Waals surface area contributed by atoms with E-state index in [4.69, 9.17) is 4.74 Å². The van der Waals surface area contributed by atoms with Gasteiger partial charge in [0.1, 0.15) is 5.75 Å². The predicted molar refractivity (Wildman–Crippen MR) is 93.2 cm³/mol. The van der Waals surface area contributed by atoms with Gasteiger partial charge in [-0.05, 0) is 57.4 Å². The van der Waals surface area contributed by atoms with E-state index in [0.717, 1.165) is 25.3 Å². The fourth-order valence-electron chi connectivity index (χ4n) is 2.97. The average molecular weight is 333 g/mol. The van der Waals surface area contributed by atoms with Gasteiger partial charge in [0.2, 0.25) is 5.91 Å². The van der Waals surface area contributed by atoms with Gasteiger partial charge in [0.15, 0.2) is 0 Å². The highest BCUT2D eigenvalue weighted by Crippen LogP contribution is 2.29. The van der Waals surface area contributed by atoms with Crippen molar-refractivity contribution in [2.75, 3.05) is 20.2 Å². The standard InChI is InChI=1S/C18H27N3O3/c1-12(2)19-18(23)20-17(22)13(3)21-10-9-15(11-21)14-5-7-16(24-4)8-6-14/h5-8,12-13,15H,9-11H2,1-4H3,(H2,19,20,22,23)/t13-,15+/m1/s1. The number of nitrogens with zero attached hydrogens (tertiary/aromatic N) is 1. The van der Waals surface area contributed by atoms with Crippen LogP contribution in [0.2, 0.25) is 0 Å². The van der Waals surface area contributed by atoms with Crippen molar-refractivity contribution in [3.05, 3.63) is 29.8 Å². The molecule has 1 aromatic rings. The molecule has 1 heterocycles. The Hall–Kier alpha value is -2.08. The number of benzene rings is 1. The predicted octanol–water partition coefficient (Wildman–Crippen LogP) is 2.11. The molecule has 0 spiro atoms. The van der Waals surface area contributed by atoms with Crippen molar-refractivity contribution >= 4 is 11.9 Å². The molecule has 1 aliphatic heterocycles. The van der Waals surface area contributed by atoms with Crippen LogP contribution in [0.1, 0.15) is 38.7 Å². The van der Waals surface area contributed by atoms with Crippen LogP contribution in [0.15, 0.2) is 24.3 Å². The molecule has 1 fully saturated rings. The summed E-state index contributed by atoms with van der Waals surface area (Å²) in [6.45, 7) is 7.21. The van der Waals surface area contributed by atoms with E-state index < -0.39 is 6.03 Å².